The van der Waals surface area contributed by atoms with E-state index in [4.69, 9.17) is 0 Å². The zero-order valence-electron chi connectivity index (χ0n) is 13.2. The standard InChI is InChI=1S/C16H17FN4O3/c1-24-13(22)7-8-18-16(23)14-15(10-5-6-10)21(20-19-14)12-4-2-3-11(17)9-12/h2-4,9-10H,5-8H2,1H3,(H,18,23). The van der Waals surface area contributed by atoms with Crippen LogP contribution in [0.2, 0.25) is 0 Å². The van der Waals surface area contributed by atoms with Crippen molar-refractivity contribution in [2.24, 2.45) is 0 Å². The molecule has 1 aliphatic rings. The van der Waals surface area contributed by atoms with Gasteiger partial charge in [-0.05, 0) is 31.0 Å². The van der Waals surface area contributed by atoms with Gasteiger partial charge in [0.25, 0.3) is 5.91 Å². The molecular formula is C16H17FN4O3. The van der Waals surface area contributed by atoms with Crippen molar-refractivity contribution in [1.82, 2.24) is 20.3 Å². The summed E-state index contributed by atoms with van der Waals surface area (Å²) in [5.74, 6) is -0.997. The van der Waals surface area contributed by atoms with Crippen molar-refractivity contribution in [2.45, 2.75) is 25.2 Å². The molecule has 2 aromatic rings. The summed E-state index contributed by atoms with van der Waals surface area (Å²) in [7, 11) is 1.29. The van der Waals surface area contributed by atoms with Crippen LogP contribution in [-0.2, 0) is 9.53 Å². The number of esters is 1. The predicted molar refractivity (Wildman–Crippen MR) is 82.3 cm³/mol. The molecule has 0 unspecified atom stereocenters. The van der Waals surface area contributed by atoms with Gasteiger partial charge >= 0.3 is 5.97 Å². The molecule has 8 heteroatoms. The van der Waals surface area contributed by atoms with Crippen LogP contribution in [0.3, 0.4) is 0 Å². The van der Waals surface area contributed by atoms with E-state index in [0.717, 1.165) is 12.8 Å². The fraction of sp³-hybridized carbons (Fsp3) is 0.375. The molecule has 1 N–H and O–H groups in total. The topological polar surface area (TPSA) is 86.1 Å². The molecule has 0 atom stereocenters. The lowest BCUT2D eigenvalue weighted by Crippen LogP contribution is -2.27. The van der Waals surface area contributed by atoms with E-state index < -0.39 is 11.9 Å². The molecule has 0 radical (unpaired) electrons. The summed E-state index contributed by atoms with van der Waals surface area (Å²) in [5.41, 5.74) is 1.42. The van der Waals surface area contributed by atoms with Gasteiger partial charge in [0.2, 0.25) is 0 Å². The highest BCUT2D eigenvalue weighted by atomic mass is 19.1. The van der Waals surface area contributed by atoms with Gasteiger partial charge in [0, 0.05) is 12.5 Å². The molecule has 0 spiro atoms. The van der Waals surface area contributed by atoms with Crippen molar-refractivity contribution in [3.63, 3.8) is 0 Å². The summed E-state index contributed by atoms with van der Waals surface area (Å²) in [4.78, 5) is 23.4. The second kappa shape index (κ2) is 6.77. The first-order chi connectivity index (χ1) is 11.6. The predicted octanol–water partition coefficient (Wildman–Crippen LogP) is 1.58. The summed E-state index contributed by atoms with van der Waals surface area (Å²) in [6, 6.07) is 5.98. The number of ether oxygens (including phenoxy) is 1. The number of amides is 1. The van der Waals surface area contributed by atoms with Crippen LogP contribution >= 0.6 is 0 Å². The van der Waals surface area contributed by atoms with Crippen LogP contribution in [-0.4, -0.2) is 40.5 Å². The highest BCUT2D eigenvalue weighted by Crippen LogP contribution is 2.41. The van der Waals surface area contributed by atoms with Gasteiger partial charge in [0.05, 0.1) is 24.9 Å². The van der Waals surface area contributed by atoms with E-state index in [9.17, 15) is 14.0 Å². The molecule has 24 heavy (non-hydrogen) atoms. The SMILES string of the molecule is COC(=O)CCNC(=O)c1nnn(-c2cccc(F)c2)c1C1CC1. The molecule has 1 aromatic heterocycles. The monoisotopic (exact) mass is 332 g/mol. The summed E-state index contributed by atoms with van der Waals surface area (Å²) < 4.78 is 19.5. The fourth-order valence-corrected chi connectivity index (χ4v) is 2.44. The second-order valence-corrected chi connectivity index (χ2v) is 5.57. The Labute approximate surface area is 137 Å². The lowest BCUT2D eigenvalue weighted by molar-refractivity contribution is -0.140. The van der Waals surface area contributed by atoms with E-state index in [1.54, 1.807) is 12.1 Å². The Balaban J connectivity index is 1.82. The first-order valence-corrected chi connectivity index (χ1v) is 7.66. The maximum Gasteiger partial charge on any atom is 0.307 e. The van der Waals surface area contributed by atoms with Gasteiger partial charge in [0.1, 0.15) is 5.82 Å². The lowest BCUT2D eigenvalue weighted by Gasteiger charge is -2.07. The molecule has 7 nitrogen and oxygen atoms in total. The van der Waals surface area contributed by atoms with Crippen LogP contribution in [0.25, 0.3) is 5.69 Å². The van der Waals surface area contributed by atoms with Gasteiger partial charge < -0.3 is 10.1 Å². The number of aromatic nitrogens is 3. The van der Waals surface area contributed by atoms with E-state index in [2.05, 4.69) is 20.4 Å². The van der Waals surface area contributed by atoms with Gasteiger partial charge in [-0.1, -0.05) is 11.3 Å². The Bertz CT molecular complexity index is 770. The Morgan fingerprint density at radius 1 is 1.42 bits per heavy atom. The Morgan fingerprint density at radius 3 is 2.88 bits per heavy atom. The lowest BCUT2D eigenvalue weighted by atomic mass is 10.2. The largest absolute Gasteiger partial charge is 0.469 e. The first kappa shape index (κ1) is 16.1. The van der Waals surface area contributed by atoms with Crippen molar-refractivity contribution in [1.29, 1.82) is 0 Å². The van der Waals surface area contributed by atoms with Crippen molar-refractivity contribution in [2.75, 3.05) is 13.7 Å². The van der Waals surface area contributed by atoms with Gasteiger partial charge in [0.15, 0.2) is 5.69 Å². The molecule has 1 aliphatic carbocycles. The van der Waals surface area contributed by atoms with E-state index in [1.807, 2.05) is 0 Å². The van der Waals surface area contributed by atoms with Crippen LogP contribution < -0.4 is 5.32 Å². The van der Waals surface area contributed by atoms with Crippen molar-refractivity contribution in [3.8, 4) is 5.69 Å². The number of carbonyl (C=O) groups excluding carboxylic acids is 2. The highest BCUT2D eigenvalue weighted by molar-refractivity contribution is 5.93. The average Bonchev–Trinajstić information content (AvgIpc) is 3.32. The Kier molecular flexibility index (Phi) is 4.54. The van der Waals surface area contributed by atoms with Crippen LogP contribution in [0.1, 0.15) is 41.4 Å². The molecule has 126 valence electrons. The summed E-state index contributed by atoms with van der Waals surface area (Å²) >= 11 is 0. The number of benzene rings is 1. The normalized spacial score (nSPS) is 13.6. The zero-order valence-corrected chi connectivity index (χ0v) is 13.2. The first-order valence-electron chi connectivity index (χ1n) is 7.66. The zero-order chi connectivity index (χ0) is 17.1. The van der Waals surface area contributed by atoms with E-state index in [0.29, 0.717) is 11.4 Å². The molecule has 1 saturated carbocycles. The van der Waals surface area contributed by atoms with Crippen LogP contribution in [0.4, 0.5) is 4.39 Å². The summed E-state index contributed by atoms with van der Waals surface area (Å²) in [6.07, 6.45) is 1.95. The maximum absolute atomic E-state index is 13.5. The van der Waals surface area contributed by atoms with Gasteiger partial charge in [-0.15, -0.1) is 5.10 Å². The molecule has 0 saturated heterocycles. The summed E-state index contributed by atoms with van der Waals surface area (Å²) in [6.45, 7) is 0.155. The third kappa shape index (κ3) is 3.42. The van der Waals surface area contributed by atoms with E-state index in [-0.39, 0.29) is 30.4 Å². The van der Waals surface area contributed by atoms with Gasteiger partial charge in [-0.2, -0.15) is 0 Å². The average molecular weight is 332 g/mol. The van der Waals surface area contributed by atoms with Crippen LogP contribution in [0.15, 0.2) is 24.3 Å². The van der Waals surface area contributed by atoms with Gasteiger partial charge in [-0.3, -0.25) is 9.59 Å². The number of hydrogen-bond acceptors (Lipinski definition) is 5. The Hall–Kier alpha value is -2.77. The smallest absolute Gasteiger partial charge is 0.307 e. The molecular weight excluding hydrogens is 315 g/mol. The second-order valence-electron chi connectivity index (χ2n) is 5.57. The summed E-state index contributed by atoms with van der Waals surface area (Å²) in [5, 5.41) is 10.6. The van der Waals surface area contributed by atoms with Crippen molar-refractivity contribution < 1.29 is 18.7 Å². The minimum atomic E-state index is -0.402. The number of rotatable bonds is 6. The molecule has 3 rings (SSSR count). The van der Waals surface area contributed by atoms with Crippen LogP contribution in [0.5, 0.6) is 0 Å². The third-order valence-electron chi connectivity index (χ3n) is 3.78. The minimum Gasteiger partial charge on any atom is -0.469 e. The van der Waals surface area contributed by atoms with Crippen molar-refractivity contribution >= 4 is 11.9 Å². The van der Waals surface area contributed by atoms with E-state index in [1.165, 1.54) is 23.9 Å². The number of nitrogens with one attached hydrogen (secondary N) is 1. The van der Waals surface area contributed by atoms with Crippen LogP contribution in [0, 0.1) is 5.82 Å². The molecule has 0 bridgehead atoms. The number of hydrogen-bond donors (Lipinski definition) is 1. The van der Waals surface area contributed by atoms with Crippen molar-refractivity contribution in [3.05, 3.63) is 41.5 Å². The number of nitrogens with zero attached hydrogens (tertiary/aromatic N) is 3. The molecule has 1 amide bonds. The Morgan fingerprint density at radius 2 is 2.21 bits per heavy atom. The number of halogens is 1. The fourth-order valence-electron chi connectivity index (χ4n) is 2.44. The quantitative estimate of drug-likeness (QED) is 0.812. The number of carbonyl (C=O) groups is 2. The molecule has 0 aliphatic heterocycles. The highest BCUT2D eigenvalue weighted by Gasteiger charge is 2.34. The maximum atomic E-state index is 13.5. The van der Waals surface area contributed by atoms with Gasteiger partial charge in [-0.25, -0.2) is 9.07 Å². The molecule has 1 aromatic carbocycles. The van der Waals surface area contributed by atoms with E-state index >= 15 is 0 Å². The number of methoxy groups -OCH3 is 1. The minimum absolute atomic E-state index is 0.0824. The molecule has 1 heterocycles. The molecule has 1 fully saturated rings. The third-order valence-corrected chi connectivity index (χ3v) is 3.78.